The summed E-state index contributed by atoms with van der Waals surface area (Å²) in [5.41, 5.74) is 0. The van der Waals surface area contributed by atoms with Crippen LogP contribution in [0.5, 0.6) is 0 Å². The highest BCUT2D eigenvalue weighted by atomic mass is 16.7. The zero-order valence-electron chi connectivity index (χ0n) is 9.41. The van der Waals surface area contributed by atoms with Gasteiger partial charge in [-0.3, -0.25) is 0 Å². The highest BCUT2D eigenvalue weighted by Crippen LogP contribution is 2.26. The minimum absolute atomic E-state index is 0.0338. The Bertz CT molecular complexity index is 143. The summed E-state index contributed by atoms with van der Waals surface area (Å²) in [7, 11) is 1.99. The summed E-state index contributed by atoms with van der Waals surface area (Å²) in [5, 5.41) is 0. The molecule has 0 aromatic heterocycles. The molecule has 0 saturated carbocycles. The molecular formula is C10H21BO2. The number of rotatable bonds is 2. The van der Waals surface area contributed by atoms with E-state index in [-0.39, 0.29) is 6.19 Å². The fourth-order valence-electron chi connectivity index (χ4n) is 1.72. The highest BCUT2D eigenvalue weighted by Gasteiger charge is 2.30. The van der Waals surface area contributed by atoms with Crippen molar-refractivity contribution < 1.29 is 9.47 Å². The van der Waals surface area contributed by atoms with Gasteiger partial charge in [0.15, 0.2) is 7.85 Å². The van der Waals surface area contributed by atoms with Crippen molar-refractivity contribution >= 4 is 7.85 Å². The van der Waals surface area contributed by atoms with Crippen LogP contribution in [0.25, 0.3) is 0 Å². The maximum Gasteiger partial charge on any atom is 0.174 e. The summed E-state index contributed by atoms with van der Waals surface area (Å²) in [6.07, 6.45) is 1.75. The molecule has 1 rings (SSSR count). The number of hydrogen-bond donors (Lipinski definition) is 0. The predicted molar refractivity (Wildman–Crippen MR) is 56.4 cm³/mol. The van der Waals surface area contributed by atoms with Gasteiger partial charge in [0.2, 0.25) is 0 Å². The van der Waals surface area contributed by atoms with Gasteiger partial charge in [0, 0.05) is 6.42 Å². The fraction of sp³-hybridized carbons (Fsp3) is 1.00. The molecule has 1 heterocycles. The molecule has 0 N–H and O–H groups in total. The highest BCUT2D eigenvalue weighted by molar-refractivity contribution is 6.10. The van der Waals surface area contributed by atoms with Crippen LogP contribution in [0.3, 0.4) is 0 Å². The van der Waals surface area contributed by atoms with Gasteiger partial charge in [0.05, 0.1) is 12.2 Å². The van der Waals surface area contributed by atoms with Gasteiger partial charge < -0.3 is 9.47 Å². The first-order valence-electron chi connectivity index (χ1n) is 5.31. The Morgan fingerprint density at radius 2 is 1.38 bits per heavy atom. The summed E-state index contributed by atoms with van der Waals surface area (Å²) < 4.78 is 11.4. The Kier molecular flexibility index (Phi) is 3.80. The predicted octanol–water partition coefficient (Wildman–Crippen LogP) is 1.39. The van der Waals surface area contributed by atoms with Gasteiger partial charge in [-0.15, -0.1) is 0 Å². The number of hydrogen-bond acceptors (Lipinski definition) is 2. The van der Waals surface area contributed by atoms with E-state index in [1.54, 1.807) is 0 Å². The van der Waals surface area contributed by atoms with Crippen LogP contribution in [0.4, 0.5) is 0 Å². The third kappa shape index (κ3) is 2.99. The topological polar surface area (TPSA) is 18.5 Å². The lowest BCUT2D eigenvalue weighted by atomic mass is 9.92. The first-order valence-corrected chi connectivity index (χ1v) is 5.31. The average Bonchev–Trinajstić information content (AvgIpc) is 2.03. The van der Waals surface area contributed by atoms with Crippen molar-refractivity contribution in [3.63, 3.8) is 0 Å². The van der Waals surface area contributed by atoms with Crippen LogP contribution in [-0.4, -0.2) is 26.2 Å². The molecule has 0 radical (unpaired) electrons. The van der Waals surface area contributed by atoms with Gasteiger partial charge in [-0.2, -0.15) is 0 Å². The molecule has 0 aromatic rings. The lowest BCUT2D eigenvalue weighted by molar-refractivity contribution is -0.221. The largest absolute Gasteiger partial charge is 0.358 e. The molecule has 0 aliphatic carbocycles. The molecule has 2 unspecified atom stereocenters. The van der Waals surface area contributed by atoms with Crippen LogP contribution in [0, 0.1) is 11.8 Å². The van der Waals surface area contributed by atoms with Crippen LogP contribution in [-0.2, 0) is 9.47 Å². The first kappa shape index (κ1) is 11.1. The lowest BCUT2D eigenvalue weighted by Gasteiger charge is -2.38. The van der Waals surface area contributed by atoms with Crippen molar-refractivity contribution in [3.8, 4) is 0 Å². The van der Waals surface area contributed by atoms with E-state index in [9.17, 15) is 0 Å². The third-order valence-electron chi connectivity index (χ3n) is 2.68. The minimum Gasteiger partial charge on any atom is -0.358 e. The second-order valence-corrected chi connectivity index (χ2v) is 4.64. The summed E-state index contributed by atoms with van der Waals surface area (Å²) in [5.74, 6) is 1.18. The lowest BCUT2D eigenvalue weighted by Crippen LogP contribution is -2.42. The zero-order valence-corrected chi connectivity index (χ0v) is 9.41. The molecule has 2 nitrogen and oxygen atoms in total. The summed E-state index contributed by atoms with van der Waals surface area (Å²) in [6, 6.07) is 0. The van der Waals surface area contributed by atoms with E-state index in [1.165, 1.54) is 0 Å². The van der Waals surface area contributed by atoms with E-state index in [4.69, 9.17) is 9.47 Å². The Morgan fingerprint density at radius 1 is 1.00 bits per heavy atom. The molecule has 0 bridgehead atoms. The van der Waals surface area contributed by atoms with E-state index in [0.29, 0.717) is 24.0 Å². The van der Waals surface area contributed by atoms with Crippen LogP contribution in [0.15, 0.2) is 0 Å². The Balaban J connectivity index is 2.52. The molecule has 1 aliphatic rings. The normalized spacial score (nSPS) is 35.7. The second-order valence-electron chi connectivity index (χ2n) is 4.64. The standard InChI is InChI=1S/C10H21BO2/c1-6(2)8-5-9(7(3)4)13-10(11)12-8/h6-10H,5,11H2,1-4H3. The van der Waals surface area contributed by atoms with E-state index in [2.05, 4.69) is 27.7 Å². The monoisotopic (exact) mass is 184 g/mol. The zero-order chi connectivity index (χ0) is 10.0. The van der Waals surface area contributed by atoms with Gasteiger partial charge in [-0.05, 0) is 11.8 Å². The molecule has 0 spiro atoms. The molecule has 2 atom stereocenters. The Morgan fingerprint density at radius 3 is 1.69 bits per heavy atom. The second kappa shape index (κ2) is 4.47. The van der Waals surface area contributed by atoms with E-state index in [1.807, 2.05) is 7.85 Å². The summed E-state index contributed by atoms with van der Waals surface area (Å²) in [6.45, 7) is 8.83. The molecule has 13 heavy (non-hydrogen) atoms. The van der Waals surface area contributed by atoms with Gasteiger partial charge >= 0.3 is 0 Å². The van der Waals surface area contributed by atoms with Crippen molar-refractivity contribution in [2.24, 2.45) is 11.8 Å². The SMILES string of the molecule is BC1OC(C(C)C)CC(C(C)C)O1. The van der Waals surface area contributed by atoms with Crippen LogP contribution in [0.1, 0.15) is 34.1 Å². The quantitative estimate of drug-likeness (QED) is 0.603. The maximum absolute atomic E-state index is 5.71. The van der Waals surface area contributed by atoms with Gasteiger partial charge in [-0.1, -0.05) is 27.7 Å². The van der Waals surface area contributed by atoms with Crippen LogP contribution < -0.4 is 0 Å². The molecule has 1 fully saturated rings. The van der Waals surface area contributed by atoms with Crippen LogP contribution in [0.2, 0.25) is 0 Å². The molecule has 0 aromatic carbocycles. The van der Waals surface area contributed by atoms with Crippen molar-refractivity contribution in [1.82, 2.24) is 0 Å². The van der Waals surface area contributed by atoms with Crippen molar-refractivity contribution in [3.05, 3.63) is 0 Å². The van der Waals surface area contributed by atoms with E-state index >= 15 is 0 Å². The van der Waals surface area contributed by atoms with Gasteiger partial charge in [-0.25, -0.2) is 0 Å². The molecular weight excluding hydrogens is 163 g/mol. The van der Waals surface area contributed by atoms with E-state index < -0.39 is 0 Å². The minimum atomic E-state index is -0.0338. The molecule has 3 heteroatoms. The number of ether oxygens (including phenoxy) is 2. The Hall–Kier alpha value is -0.0151. The van der Waals surface area contributed by atoms with Crippen molar-refractivity contribution in [2.75, 3.05) is 0 Å². The third-order valence-corrected chi connectivity index (χ3v) is 2.68. The van der Waals surface area contributed by atoms with Gasteiger partial charge in [0.25, 0.3) is 0 Å². The Labute approximate surface area is 82.4 Å². The molecule has 76 valence electrons. The smallest absolute Gasteiger partial charge is 0.174 e. The van der Waals surface area contributed by atoms with Crippen molar-refractivity contribution in [1.29, 1.82) is 0 Å². The first-order chi connectivity index (χ1) is 6.00. The molecule has 1 aliphatic heterocycles. The van der Waals surface area contributed by atoms with E-state index in [0.717, 1.165) is 6.42 Å². The van der Waals surface area contributed by atoms with Crippen LogP contribution >= 0.6 is 0 Å². The molecule has 1 saturated heterocycles. The van der Waals surface area contributed by atoms with Crippen molar-refractivity contribution in [2.45, 2.75) is 52.5 Å². The maximum atomic E-state index is 5.71. The molecule has 0 amide bonds. The van der Waals surface area contributed by atoms with Gasteiger partial charge in [0.1, 0.15) is 6.19 Å². The summed E-state index contributed by atoms with van der Waals surface area (Å²) >= 11 is 0. The summed E-state index contributed by atoms with van der Waals surface area (Å²) in [4.78, 5) is 0. The average molecular weight is 184 g/mol. The fourth-order valence-corrected chi connectivity index (χ4v) is 1.72.